The van der Waals surface area contributed by atoms with Gasteiger partial charge in [0.1, 0.15) is 0 Å². The first-order chi connectivity index (χ1) is 5.75. The minimum Gasteiger partial charge on any atom is -0.396 e. The minimum atomic E-state index is 0.172. The molecular formula is C9H17NO2. The number of piperidine rings is 1. The highest BCUT2D eigenvalue weighted by atomic mass is 16.3. The van der Waals surface area contributed by atoms with E-state index in [1.54, 1.807) is 0 Å². The van der Waals surface area contributed by atoms with Gasteiger partial charge in [0, 0.05) is 25.6 Å². The Morgan fingerprint density at radius 1 is 1.58 bits per heavy atom. The first kappa shape index (κ1) is 9.52. The molecule has 1 aliphatic rings. The number of hydrogen-bond acceptors (Lipinski definition) is 2. The van der Waals surface area contributed by atoms with E-state index in [-0.39, 0.29) is 18.6 Å². The molecule has 0 aliphatic carbocycles. The van der Waals surface area contributed by atoms with Crippen molar-refractivity contribution in [3.05, 3.63) is 0 Å². The topological polar surface area (TPSA) is 40.5 Å². The number of likely N-dealkylation sites (tertiary alicyclic amines) is 1. The number of aliphatic hydroxyl groups excluding tert-OH is 1. The van der Waals surface area contributed by atoms with Crippen LogP contribution in [-0.4, -0.2) is 35.1 Å². The zero-order chi connectivity index (χ0) is 8.97. The second-order valence-corrected chi connectivity index (χ2v) is 3.41. The molecule has 1 aliphatic heterocycles. The molecule has 1 rings (SSSR count). The zero-order valence-corrected chi connectivity index (χ0v) is 7.62. The molecule has 3 nitrogen and oxygen atoms in total. The van der Waals surface area contributed by atoms with Gasteiger partial charge in [-0.05, 0) is 26.2 Å². The smallest absolute Gasteiger partial charge is 0.222 e. The highest BCUT2D eigenvalue weighted by Crippen LogP contribution is 2.14. The highest BCUT2D eigenvalue weighted by molar-refractivity contribution is 5.77. The van der Waals surface area contributed by atoms with E-state index in [0.717, 1.165) is 19.4 Å². The lowest BCUT2D eigenvalue weighted by Gasteiger charge is -2.32. The summed E-state index contributed by atoms with van der Waals surface area (Å²) < 4.78 is 0. The van der Waals surface area contributed by atoms with Gasteiger partial charge >= 0.3 is 0 Å². The fraction of sp³-hybridized carbons (Fsp3) is 0.889. The standard InChI is InChI=1S/C9H17NO2/c1-8(5-7-11)10-6-3-2-4-9(10)12/h8,11H,2-7H2,1H3. The summed E-state index contributed by atoms with van der Waals surface area (Å²) in [5, 5.41) is 8.72. The van der Waals surface area contributed by atoms with Crippen LogP contribution in [0.3, 0.4) is 0 Å². The van der Waals surface area contributed by atoms with Crippen molar-refractivity contribution < 1.29 is 9.90 Å². The van der Waals surface area contributed by atoms with Crippen molar-refractivity contribution in [2.75, 3.05) is 13.2 Å². The maximum atomic E-state index is 11.4. The van der Waals surface area contributed by atoms with Crippen molar-refractivity contribution >= 4 is 5.91 Å². The molecule has 12 heavy (non-hydrogen) atoms. The molecule has 0 bridgehead atoms. The number of carbonyl (C=O) groups excluding carboxylic acids is 1. The van der Waals surface area contributed by atoms with Crippen LogP contribution in [0.4, 0.5) is 0 Å². The summed E-state index contributed by atoms with van der Waals surface area (Å²) in [5.41, 5.74) is 0. The highest BCUT2D eigenvalue weighted by Gasteiger charge is 2.22. The van der Waals surface area contributed by atoms with E-state index in [9.17, 15) is 4.79 Å². The molecule has 1 N–H and O–H groups in total. The van der Waals surface area contributed by atoms with Crippen LogP contribution in [0.15, 0.2) is 0 Å². The number of aliphatic hydroxyl groups is 1. The number of rotatable bonds is 3. The Labute approximate surface area is 73.4 Å². The van der Waals surface area contributed by atoms with E-state index in [0.29, 0.717) is 12.8 Å². The van der Waals surface area contributed by atoms with Crippen molar-refractivity contribution in [2.24, 2.45) is 0 Å². The van der Waals surface area contributed by atoms with E-state index in [2.05, 4.69) is 0 Å². The Bertz CT molecular complexity index is 159. The molecule has 0 radical (unpaired) electrons. The van der Waals surface area contributed by atoms with Crippen LogP contribution in [0.2, 0.25) is 0 Å². The van der Waals surface area contributed by atoms with Crippen LogP contribution < -0.4 is 0 Å². The van der Waals surface area contributed by atoms with E-state index >= 15 is 0 Å². The van der Waals surface area contributed by atoms with Gasteiger partial charge in [0.15, 0.2) is 0 Å². The minimum absolute atomic E-state index is 0.172. The van der Waals surface area contributed by atoms with Crippen LogP contribution in [0, 0.1) is 0 Å². The Kier molecular flexibility index (Phi) is 3.53. The second-order valence-electron chi connectivity index (χ2n) is 3.41. The summed E-state index contributed by atoms with van der Waals surface area (Å²) in [4.78, 5) is 13.2. The molecule has 3 heteroatoms. The van der Waals surface area contributed by atoms with Gasteiger partial charge in [0.25, 0.3) is 0 Å². The maximum absolute atomic E-state index is 11.4. The van der Waals surface area contributed by atoms with E-state index < -0.39 is 0 Å². The second kappa shape index (κ2) is 4.45. The monoisotopic (exact) mass is 171 g/mol. The third-order valence-electron chi connectivity index (χ3n) is 2.44. The molecule has 1 heterocycles. The summed E-state index contributed by atoms with van der Waals surface area (Å²) in [5.74, 6) is 0.252. The summed E-state index contributed by atoms with van der Waals surface area (Å²) in [6, 6.07) is 0.211. The molecule has 0 spiro atoms. The summed E-state index contributed by atoms with van der Waals surface area (Å²) in [6.45, 7) is 3.05. The fourth-order valence-electron chi connectivity index (χ4n) is 1.64. The molecule has 1 atom stereocenters. The van der Waals surface area contributed by atoms with Gasteiger partial charge in [0.05, 0.1) is 0 Å². The Morgan fingerprint density at radius 3 is 2.92 bits per heavy atom. The van der Waals surface area contributed by atoms with Crippen LogP contribution in [-0.2, 0) is 4.79 Å². The molecule has 0 aromatic carbocycles. The average Bonchev–Trinajstić information content (AvgIpc) is 2.05. The molecule has 1 amide bonds. The van der Waals surface area contributed by atoms with Crippen molar-refractivity contribution in [1.82, 2.24) is 4.90 Å². The SMILES string of the molecule is CC(CCO)N1CCCCC1=O. The third kappa shape index (κ3) is 2.21. The van der Waals surface area contributed by atoms with E-state index in [1.165, 1.54) is 0 Å². The molecule has 1 unspecified atom stereocenters. The van der Waals surface area contributed by atoms with Gasteiger partial charge in [-0.3, -0.25) is 4.79 Å². The Morgan fingerprint density at radius 2 is 2.33 bits per heavy atom. The summed E-state index contributed by atoms with van der Waals surface area (Å²) >= 11 is 0. The van der Waals surface area contributed by atoms with E-state index in [1.807, 2.05) is 11.8 Å². The maximum Gasteiger partial charge on any atom is 0.222 e. The fourth-order valence-corrected chi connectivity index (χ4v) is 1.64. The molecule has 1 saturated heterocycles. The zero-order valence-electron chi connectivity index (χ0n) is 7.62. The first-order valence-corrected chi connectivity index (χ1v) is 4.66. The van der Waals surface area contributed by atoms with Crippen molar-refractivity contribution in [1.29, 1.82) is 0 Å². The molecule has 1 fully saturated rings. The molecule has 70 valence electrons. The summed E-state index contributed by atoms with van der Waals surface area (Å²) in [6.07, 6.45) is 3.53. The average molecular weight is 171 g/mol. The van der Waals surface area contributed by atoms with Gasteiger partial charge in [-0.15, -0.1) is 0 Å². The van der Waals surface area contributed by atoms with Gasteiger partial charge in [-0.25, -0.2) is 0 Å². The van der Waals surface area contributed by atoms with Crippen LogP contribution in [0.25, 0.3) is 0 Å². The van der Waals surface area contributed by atoms with Crippen LogP contribution in [0.1, 0.15) is 32.6 Å². The lowest BCUT2D eigenvalue weighted by Crippen LogP contribution is -2.42. The lowest BCUT2D eigenvalue weighted by atomic mass is 10.1. The number of amides is 1. The first-order valence-electron chi connectivity index (χ1n) is 4.66. The molecule has 0 aromatic heterocycles. The van der Waals surface area contributed by atoms with Gasteiger partial charge < -0.3 is 10.0 Å². The Balaban J connectivity index is 2.42. The van der Waals surface area contributed by atoms with Crippen LogP contribution in [0.5, 0.6) is 0 Å². The lowest BCUT2D eigenvalue weighted by molar-refractivity contribution is -0.135. The predicted molar refractivity (Wildman–Crippen MR) is 46.7 cm³/mol. The van der Waals surface area contributed by atoms with Crippen molar-refractivity contribution in [3.8, 4) is 0 Å². The number of nitrogens with zero attached hydrogens (tertiary/aromatic N) is 1. The largest absolute Gasteiger partial charge is 0.396 e. The van der Waals surface area contributed by atoms with Crippen molar-refractivity contribution in [2.45, 2.75) is 38.6 Å². The third-order valence-corrected chi connectivity index (χ3v) is 2.44. The summed E-state index contributed by atoms with van der Waals surface area (Å²) in [7, 11) is 0. The van der Waals surface area contributed by atoms with Gasteiger partial charge in [-0.1, -0.05) is 0 Å². The van der Waals surface area contributed by atoms with Crippen LogP contribution >= 0.6 is 0 Å². The number of carbonyl (C=O) groups is 1. The number of hydrogen-bond donors (Lipinski definition) is 1. The van der Waals surface area contributed by atoms with Gasteiger partial charge in [0.2, 0.25) is 5.91 Å². The Hall–Kier alpha value is -0.570. The normalized spacial score (nSPS) is 21.2. The predicted octanol–water partition coefficient (Wildman–Crippen LogP) is 0.770. The van der Waals surface area contributed by atoms with Crippen molar-refractivity contribution in [3.63, 3.8) is 0 Å². The van der Waals surface area contributed by atoms with E-state index in [4.69, 9.17) is 5.11 Å². The quantitative estimate of drug-likeness (QED) is 0.681. The molecular weight excluding hydrogens is 154 g/mol. The molecule has 0 aromatic rings. The molecule has 0 saturated carbocycles. The van der Waals surface area contributed by atoms with Gasteiger partial charge in [-0.2, -0.15) is 0 Å².